The number of likely N-dealkylation sites (tertiary alicyclic amines) is 1. The van der Waals surface area contributed by atoms with Crippen LogP contribution in [0.15, 0.2) is 30.4 Å². The molecule has 1 saturated carbocycles. The summed E-state index contributed by atoms with van der Waals surface area (Å²) < 4.78 is 5.06. The maximum atomic E-state index is 12.6. The van der Waals surface area contributed by atoms with Crippen molar-refractivity contribution in [2.45, 2.75) is 33.1 Å². The third kappa shape index (κ3) is 3.42. The number of ether oxygens (including phenoxy) is 1. The quantitative estimate of drug-likeness (QED) is 0.422. The number of para-hydroxylation sites is 1. The summed E-state index contributed by atoms with van der Waals surface area (Å²) in [6.45, 7) is 3.11. The monoisotopic (exact) mass is 410 g/mol. The van der Waals surface area contributed by atoms with Crippen LogP contribution in [0.5, 0.6) is 0 Å². The molecule has 1 saturated heterocycles. The first-order valence-corrected chi connectivity index (χ1v) is 10.5. The smallest absolute Gasteiger partial charge is 0.326 e. The van der Waals surface area contributed by atoms with Crippen molar-refractivity contribution < 1.29 is 23.9 Å². The van der Waals surface area contributed by atoms with Crippen LogP contribution in [0.3, 0.4) is 0 Å². The lowest BCUT2D eigenvalue weighted by Gasteiger charge is -2.17. The van der Waals surface area contributed by atoms with E-state index in [-0.39, 0.29) is 35.5 Å². The number of aryl methyl sites for hydroxylation is 2. The van der Waals surface area contributed by atoms with Crippen LogP contribution in [0.2, 0.25) is 0 Å². The standard InChI is InChI=1S/C23H26N2O5/c1-3-13-6-5-7-14(4-2)21(13)24-17(26)12-30-18(27)11-25-22(28)19-15-8-9-16(10-15)20(19)23(25)29/h5-9,15-16,19-20H,3-4,10-12H2,1-2H3,(H,24,26)/t15-,16-,19-,20+/m0/s1. The second-order valence-electron chi connectivity index (χ2n) is 8.13. The average Bonchev–Trinajstić information content (AvgIpc) is 3.42. The lowest BCUT2D eigenvalue weighted by Crippen LogP contribution is -2.38. The van der Waals surface area contributed by atoms with Crippen molar-refractivity contribution in [3.8, 4) is 0 Å². The van der Waals surface area contributed by atoms with Crippen LogP contribution in [0, 0.1) is 23.7 Å². The molecule has 0 aromatic heterocycles. The molecule has 0 spiro atoms. The van der Waals surface area contributed by atoms with Gasteiger partial charge in [0.05, 0.1) is 11.8 Å². The van der Waals surface area contributed by atoms with E-state index in [0.29, 0.717) is 0 Å². The second kappa shape index (κ2) is 8.05. The van der Waals surface area contributed by atoms with Gasteiger partial charge in [-0.25, -0.2) is 0 Å². The number of anilines is 1. The van der Waals surface area contributed by atoms with Gasteiger partial charge in [-0.2, -0.15) is 0 Å². The molecule has 7 heteroatoms. The summed E-state index contributed by atoms with van der Waals surface area (Å²) in [6.07, 6.45) is 6.37. The molecule has 30 heavy (non-hydrogen) atoms. The van der Waals surface area contributed by atoms with Crippen LogP contribution in [0.4, 0.5) is 5.69 Å². The fraction of sp³-hybridized carbons (Fsp3) is 0.478. The Morgan fingerprint density at radius 3 is 2.13 bits per heavy atom. The molecule has 1 aromatic carbocycles. The topological polar surface area (TPSA) is 92.8 Å². The predicted octanol–water partition coefficient (Wildman–Crippen LogP) is 2.10. The summed E-state index contributed by atoms with van der Waals surface area (Å²) in [4.78, 5) is 50.8. The molecule has 4 atom stereocenters. The number of rotatable bonds is 7. The van der Waals surface area contributed by atoms with E-state index in [1.54, 1.807) is 0 Å². The van der Waals surface area contributed by atoms with E-state index in [9.17, 15) is 19.2 Å². The molecular formula is C23H26N2O5. The van der Waals surface area contributed by atoms with E-state index in [2.05, 4.69) is 5.32 Å². The Morgan fingerprint density at radius 1 is 1.03 bits per heavy atom. The lowest BCUT2D eigenvalue weighted by molar-refractivity contribution is -0.154. The molecule has 4 rings (SSSR count). The predicted molar refractivity (Wildman–Crippen MR) is 109 cm³/mol. The van der Waals surface area contributed by atoms with Gasteiger partial charge in [-0.05, 0) is 42.2 Å². The number of imide groups is 1. The molecule has 1 aromatic rings. The third-order valence-electron chi connectivity index (χ3n) is 6.48. The molecule has 3 aliphatic rings. The number of carbonyl (C=O) groups excluding carboxylic acids is 4. The van der Waals surface area contributed by atoms with Gasteiger partial charge in [0.15, 0.2) is 6.61 Å². The minimum Gasteiger partial charge on any atom is -0.454 e. The molecule has 2 aliphatic carbocycles. The van der Waals surface area contributed by atoms with Crippen molar-refractivity contribution in [2.75, 3.05) is 18.5 Å². The van der Waals surface area contributed by atoms with Crippen LogP contribution in [0.1, 0.15) is 31.4 Å². The van der Waals surface area contributed by atoms with Gasteiger partial charge < -0.3 is 10.1 Å². The van der Waals surface area contributed by atoms with Crippen molar-refractivity contribution in [3.05, 3.63) is 41.5 Å². The molecule has 2 fully saturated rings. The van der Waals surface area contributed by atoms with Crippen molar-refractivity contribution in [3.63, 3.8) is 0 Å². The minimum atomic E-state index is -0.758. The molecule has 3 amide bonds. The Kier molecular flexibility index (Phi) is 5.45. The fourth-order valence-corrected chi connectivity index (χ4v) is 5.02. The Balaban J connectivity index is 1.32. The summed E-state index contributed by atoms with van der Waals surface area (Å²) in [7, 11) is 0. The number of hydrogen-bond acceptors (Lipinski definition) is 5. The number of allylic oxidation sites excluding steroid dienone is 2. The SMILES string of the molecule is CCc1cccc(CC)c1NC(=O)COC(=O)CN1C(=O)[C@@H]2[C@H](C1=O)[C@H]1C=C[C@H]2C1. The summed E-state index contributed by atoms with van der Waals surface area (Å²) in [5.74, 6) is -2.31. The van der Waals surface area contributed by atoms with E-state index >= 15 is 0 Å². The first-order chi connectivity index (χ1) is 14.4. The highest BCUT2D eigenvalue weighted by atomic mass is 16.5. The first kappa shape index (κ1) is 20.3. The number of carbonyl (C=O) groups is 4. The number of fused-ring (bicyclic) bond motifs is 5. The van der Waals surface area contributed by atoms with Gasteiger partial charge in [-0.3, -0.25) is 24.1 Å². The Hall–Kier alpha value is -2.96. The maximum absolute atomic E-state index is 12.6. The number of esters is 1. The molecule has 1 heterocycles. The minimum absolute atomic E-state index is 0.0923. The Morgan fingerprint density at radius 2 is 1.60 bits per heavy atom. The highest BCUT2D eigenvalue weighted by molar-refractivity contribution is 6.08. The zero-order valence-electron chi connectivity index (χ0n) is 17.2. The van der Waals surface area contributed by atoms with Crippen molar-refractivity contribution >= 4 is 29.4 Å². The van der Waals surface area contributed by atoms with E-state index in [4.69, 9.17) is 4.74 Å². The molecule has 1 aliphatic heterocycles. The second-order valence-corrected chi connectivity index (χ2v) is 8.13. The highest BCUT2D eigenvalue weighted by Crippen LogP contribution is 2.52. The van der Waals surface area contributed by atoms with Gasteiger partial charge >= 0.3 is 5.97 Å². The van der Waals surface area contributed by atoms with Crippen LogP contribution >= 0.6 is 0 Å². The fourth-order valence-electron chi connectivity index (χ4n) is 5.02. The van der Waals surface area contributed by atoms with Crippen molar-refractivity contribution in [1.82, 2.24) is 4.90 Å². The van der Waals surface area contributed by atoms with E-state index in [1.165, 1.54) is 0 Å². The molecule has 0 unspecified atom stereocenters. The van der Waals surface area contributed by atoms with Gasteiger partial charge in [0, 0.05) is 5.69 Å². The normalized spacial score (nSPS) is 26.3. The number of amides is 3. The van der Waals surface area contributed by atoms with Gasteiger partial charge in [0.25, 0.3) is 5.91 Å². The summed E-state index contributed by atoms with van der Waals surface area (Å²) in [5, 5.41) is 2.83. The molecular weight excluding hydrogens is 384 g/mol. The molecule has 0 radical (unpaired) electrons. The first-order valence-electron chi connectivity index (χ1n) is 10.5. The number of nitrogens with zero attached hydrogens (tertiary/aromatic N) is 1. The van der Waals surface area contributed by atoms with Crippen LogP contribution < -0.4 is 5.32 Å². The summed E-state index contributed by atoms with van der Waals surface area (Å²) in [6, 6.07) is 5.85. The highest BCUT2D eigenvalue weighted by Gasteiger charge is 2.59. The van der Waals surface area contributed by atoms with E-state index in [0.717, 1.165) is 41.0 Å². The van der Waals surface area contributed by atoms with Gasteiger partial charge in [-0.15, -0.1) is 0 Å². The third-order valence-corrected chi connectivity index (χ3v) is 6.48. The number of nitrogens with one attached hydrogen (secondary N) is 1. The zero-order chi connectivity index (χ0) is 21.4. The van der Waals surface area contributed by atoms with Gasteiger partial charge in [0.1, 0.15) is 6.54 Å². The van der Waals surface area contributed by atoms with Crippen LogP contribution in [-0.4, -0.2) is 41.7 Å². The van der Waals surface area contributed by atoms with E-state index < -0.39 is 25.0 Å². The Bertz CT molecular complexity index is 885. The zero-order valence-corrected chi connectivity index (χ0v) is 17.2. The van der Waals surface area contributed by atoms with Gasteiger partial charge in [-0.1, -0.05) is 44.2 Å². The number of benzene rings is 1. The van der Waals surface area contributed by atoms with E-state index in [1.807, 2.05) is 44.2 Å². The average molecular weight is 410 g/mol. The molecule has 2 bridgehead atoms. The maximum Gasteiger partial charge on any atom is 0.326 e. The molecule has 7 nitrogen and oxygen atoms in total. The lowest BCUT2D eigenvalue weighted by atomic mass is 9.85. The van der Waals surface area contributed by atoms with Crippen LogP contribution in [0.25, 0.3) is 0 Å². The van der Waals surface area contributed by atoms with Crippen LogP contribution in [-0.2, 0) is 36.8 Å². The summed E-state index contributed by atoms with van der Waals surface area (Å²) >= 11 is 0. The Labute approximate surface area is 175 Å². The molecule has 158 valence electrons. The van der Waals surface area contributed by atoms with Gasteiger partial charge in [0.2, 0.25) is 11.8 Å². The van der Waals surface area contributed by atoms with Crippen molar-refractivity contribution in [1.29, 1.82) is 0 Å². The molecule has 1 N–H and O–H groups in total. The summed E-state index contributed by atoms with van der Waals surface area (Å²) in [5.41, 5.74) is 2.78. The number of hydrogen-bond donors (Lipinski definition) is 1. The largest absolute Gasteiger partial charge is 0.454 e. The van der Waals surface area contributed by atoms with Crippen molar-refractivity contribution in [2.24, 2.45) is 23.7 Å².